The minimum Gasteiger partial charge on any atom is -0.451 e. The van der Waals surface area contributed by atoms with E-state index in [9.17, 15) is 4.79 Å². The lowest BCUT2D eigenvalue weighted by molar-refractivity contribution is 0.0997. The Morgan fingerprint density at radius 3 is 2.60 bits per heavy atom. The number of rotatable bonds is 2. The van der Waals surface area contributed by atoms with Crippen LogP contribution >= 0.6 is 0 Å². The zero-order chi connectivity index (χ0) is 14.3. The van der Waals surface area contributed by atoms with E-state index in [4.69, 9.17) is 4.42 Å². The van der Waals surface area contributed by atoms with E-state index in [1.165, 1.54) is 0 Å². The van der Waals surface area contributed by atoms with E-state index in [1.54, 1.807) is 0 Å². The van der Waals surface area contributed by atoms with E-state index < -0.39 is 0 Å². The van der Waals surface area contributed by atoms with E-state index in [2.05, 4.69) is 15.5 Å². The number of carbonyl (C=O) groups excluding carboxylic acids is 1. The zero-order valence-corrected chi connectivity index (χ0v) is 11.6. The molecule has 0 saturated heterocycles. The number of furan rings is 1. The number of hydrogen-bond donors (Lipinski definition) is 2. The van der Waals surface area contributed by atoms with Crippen LogP contribution in [0.3, 0.4) is 0 Å². The molecule has 0 saturated carbocycles. The Bertz CT molecular complexity index is 799. The highest BCUT2D eigenvalue weighted by Gasteiger charge is 2.19. The predicted octanol–water partition coefficient (Wildman–Crippen LogP) is 3.33. The fourth-order valence-electron chi connectivity index (χ4n) is 2.16. The first kappa shape index (κ1) is 12.5. The second-order valence-corrected chi connectivity index (χ2v) is 4.83. The standard InChI is InChI=1S/C15H15N3O2/c1-8-10(3)17-18-14(8)16-15(19)13-9(2)11-6-4-5-7-12(11)20-13/h4-7H,1-3H3,(H2,16,17,18,19). The number of H-pyrrole nitrogens is 1. The summed E-state index contributed by atoms with van der Waals surface area (Å²) >= 11 is 0. The van der Waals surface area contributed by atoms with Crippen LogP contribution in [0, 0.1) is 20.8 Å². The van der Waals surface area contributed by atoms with E-state index in [1.807, 2.05) is 45.0 Å². The molecule has 5 heteroatoms. The summed E-state index contributed by atoms with van der Waals surface area (Å²) in [7, 11) is 0. The molecule has 0 bridgehead atoms. The van der Waals surface area contributed by atoms with Crippen LogP contribution in [0.25, 0.3) is 11.0 Å². The van der Waals surface area contributed by atoms with Gasteiger partial charge in [0.1, 0.15) is 5.58 Å². The number of hydrogen-bond acceptors (Lipinski definition) is 3. The van der Waals surface area contributed by atoms with Crippen molar-refractivity contribution in [1.29, 1.82) is 0 Å². The van der Waals surface area contributed by atoms with E-state index in [0.29, 0.717) is 17.2 Å². The average Bonchev–Trinajstić information content (AvgIpc) is 2.94. The number of aryl methyl sites for hydroxylation is 2. The van der Waals surface area contributed by atoms with Crippen molar-refractivity contribution in [3.8, 4) is 0 Å². The molecule has 0 unspecified atom stereocenters. The Balaban J connectivity index is 1.97. The summed E-state index contributed by atoms with van der Waals surface area (Å²) in [5.41, 5.74) is 3.40. The highest BCUT2D eigenvalue weighted by molar-refractivity contribution is 6.06. The lowest BCUT2D eigenvalue weighted by Gasteiger charge is -2.01. The number of aromatic amines is 1. The molecule has 2 heterocycles. The molecule has 0 radical (unpaired) electrons. The topological polar surface area (TPSA) is 70.9 Å². The molecule has 0 aliphatic rings. The maximum absolute atomic E-state index is 12.3. The third-order valence-corrected chi connectivity index (χ3v) is 3.53. The molecule has 3 aromatic rings. The number of amides is 1. The molecule has 1 aromatic carbocycles. The summed E-state index contributed by atoms with van der Waals surface area (Å²) in [5, 5.41) is 10.6. The van der Waals surface area contributed by atoms with Gasteiger partial charge in [0.05, 0.1) is 0 Å². The number of benzene rings is 1. The molecule has 3 rings (SSSR count). The molecule has 102 valence electrons. The molecule has 2 aromatic heterocycles. The molecule has 0 spiro atoms. The highest BCUT2D eigenvalue weighted by Crippen LogP contribution is 2.25. The van der Waals surface area contributed by atoms with Gasteiger partial charge in [-0.15, -0.1) is 0 Å². The zero-order valence-electron chi connectivity index (χ0n) is 11.6. The number of para-hydroxylation sites is 1. The van der Waals surface area contributed by atoms with Gasteiger partial charge in [-0.1, -0.05) is 18.2 Å². The number of anilines is 1. The van der Waals surface area contributed by atoms with Gasteiger partial charge in [0, 0.05) is 22.2 Å². The molecule has 0 aliphatic heterocycles. The van der Waals surface area contributed by atoms with Crippen molar-refractivity contribution >= 4 is 22.7 Å². The van der Waals surface area contributed by atoms with Crippen LogP contribution in [0.1, 0.15) is 27.4 Å². The fraction of sp³-hybridized carbons (Fsp3) is 0.200. The van der Waals surface area contributed by atoms with Gasteiger partial charge in [0.15, 0.2) is 11.6 Å². The van der Waals surface area contributed by atoms with Gasteiger partial charge in [0.2, 0.25) is 0 Å². The van der Waals surface area contributed by atoms with Gasteiger partial charge < -0.3 is 9.73 Å². The molecule has 0 aliphatic carbocycles. The number of nitrogens with zero attached hydrogens (tertiary/aromatic N) is 1. The second-order valence-electron chi connectivity index (χ2n) is 4.83. The quantitative estimate of drug-likeness (QED) is 0.749. The number of fused-ring (bicyclic) bond motifs is 1. The lowest BCUT2D eigenvalue weighted by atomic mass is 10.1. The van der Waals surface area contributed by atoms with E-state index in [0.717, 1.165) is 22.2 Å². The fourth-order valence-corrected chi connectivity index (χ4v) is 2.16. The molecule has 0 atom stereocenters. The van der Waals surface area contributed by atoms with Crippen molar-refractivity contribution in [3.63, 3.8) is 0 Å². The van der Waals surface area contributed by atoms with Crippen molar-refractivity contribution in [3.05, 3.63) is 46.8 Å². The van der Waals surface area contributed by atoms with Gasteiger partial charge >= 0.3 is 0 Å². The summed E-state index contributed by atoms with van der Waals surface area (Å²) in [4.78, 5) is 12.3. The van der Waals surface area contributed by atoms with Crippen molar-refractivity contribution in [2.75, 3.05) is 5.32 Å². The summed E-state index contributed by atoms with van der Waals surface area (Å²) in [6.45, 7) is 5.69. The van der Waals surface area contributed by atoms with Crippen molar-refractivity contribution in [2.24, 2.45) is 0 Å². The first-order valence-electron chi connectivity index (χ1n) is 6.39. The SMILES string of the molecule is Cc1[nH]nc(NC(=O)c2oc3ccccc3c2C)c1C. The average molecular weight is 269 g/mol. The molecule has 0 fully saturated rings. The predicted molar refractivity (Wildman–Crippen MR) is 77.0 cm³/mol. The number of nitrogens with one attached hydrogen (secondary N) is 2. The van der Waals surface area contributed by atoms with Gasteiger partial charge in [0.25, 0.3) is 5.91 Å². The highest BCUT2D eigenvalue weighted by atomic mass is 16.3. The van der Waals surface area contributed by atoms with Crippen molar-refractivity contribution in [1.82, 2.24) is 10.2 Å². The van der Waals surface area contributed by atoms with Gasteiger partial charge in [-0.05, 0) is 26.8 Å². The molecule has 5 nitrogen and oxygen atoms in total. The maximum atomic E-state index is 12.3. The normalized spacial score (nSPS) is 10.9. The lowest BCUT2D eigenvalue weighted by Crippen LogP contribution is -2.13. The van der Waals surface area contributed by atoms with Gasteiger partial charge in [-0.3, -0.25) is 9.89 Å². The Morgan fingerprint density at radius 2 is 1.95 bits per heavy atom. The third-order valence-electron chi connectivity index (χ3n) is 3.53. The third kappa shape index (κ3) is 1.87. The summed E-state index contributed by atoms with van der Waals surface area (Å²) in [6, 6.07) is 7.60. The number of carbonyl (C=O) groups is 1. The molecule has 2 N–H and O–H groups in total. The Hall–Kier alpha value is -2.56. The minimum absolute atomic E-state index is 0.284. The van der Waals surface area contributed by atoms with Crippen molar-refractivity contribution in [2.45, 2.75) is 20.8 Å². The van der Waals surface area contributed by atoms with Crippen LogP contribution in [0.2, 0.25) is 0 Å². The van der Waals surface area contributed by atoms with Crippen LogP contribution in [0.4, 0.5) is 5.82 Å². The molecular weight excluding hydrogens is 254 g/mol. The summed E-state index contributed by atoms with van der Waals surface area (Å²) in [5.74, 6) is 0.576. The first-order chi connectivity index (χ1) is 9.58. The summed E-state index contributed by atoms with van der Waals surface area (Å²) in [6.07, 6.45) is 0. The molecule has 20 heavy (non-hydrogen) atoms. The molecular formula is C15H15N3O2. The van der Waals surface area contributed by atoms with Crippen LogP contribution in [-0.2, 0) is 0 Å². The minimum atomic E-state index is -0.284. The second kappa shape index (κ2) is 4.52. The maximum Gasteiger partial charge on any atom is 0.292 e. The Morgan fingerprint density at radius 1 is 1.20 bits per heavy atom. The van der Waals surface area contributed by atoms with Crippen LogP contribution in [0.15, 0.2) is 28.7 Å². The van der Waals surface area contributed by atoms with E-state index in [-0.39, 0.29) is 5.91 Å². The molecule has 1 amide bonds. The van der Waals surface area contributed by atoms with Gasteiger partial charge in [-0.2, -0.15) is 5.10 Å². The monoisotopic (exact) mass is 269 g/mol. The van der Waals surface area contributed by atoms with Gasteiger partial charge in [-0.25, -0.2) is 0 Å². The smallest absolute Gasteiger partial charge is 0.292 e. The Kier molecular flexibility index (Phi) is 2.82. The Labute approximate surface area is 116 Å². The van der Waals surface area contributed by atoms with Crippen LogP contribution < -0.4 is 5.32 Å². The van der Waals surface area contributed by atoms with Crippen LogP contribution in [-0.4, -0.2) is 16.1 Å². The summed E-state index contributed by atoms with van der Waals surface area (Å²) < 4.78 is 5.63. The van der Waals surface area contributed by atoms with Crippen LogP contribution in [0.5, 0.6) is 0 Å². The van der Waals surface area contributed by atoms with E-state index >= 15 is 0 Å². The van der Waals surface area contributed by atoms with Crippen molar-refractivity contribution < 1.29 is 9.21 Å². The first-order valence-corrected chi connectivity index (χ1v) is 6.39. The number of aromatic nitrogens is 2. The largest absolute Gasteiger partial charge is 0.451 e.